The molecule has 0 atom stereocenters. The first kappa shape index (κ1) is 31.2. The van der Waals surface area contributed by atoms with Gasteiger partial charge in [0.25, 0.3) is 0 Å². The molecule has 0 saturated carbocycles. The van der Waals surface area contributed by atoms with Gasteiger partial charge in [0.15, 0.2) is 0 Å². The van der Waals surface area contributed by atoms with E-state index < -0.39 is 86.8 Å². The maximum absolute atomic E-state index is 8.50. The van der Waals surface area contributed by atoms with Crippen molar-refractivity contribution in [3.05, 3.63) is 0 Å². The Labute approximate surface area is 130 Å². The van der Waals surface area contributed by atoms with Crippen molar-refractivity contribution in [3.8, 4) is 0 Å². The molecule has 0 bridgehead atoms. The zero-order valence-electron chi connectivity index (χ0n) is 7.25. The molecule has 0 fully saturated rings. The third-order valence-electron chi connectivity index (χ3n) is 0. The van der Waals surface area contributed by atoms with Crippen molar-refractivity contribution in [2.45, 2.75) is 0 Å². The second-order valence-electron chi connectivity index (χ2n) is 0.741. The summed E-state index contributed by atoms with van der Waals surface area (Å²) in [5, 5.41) is 0. The molecule has 17 heteroatoms. The van der Waals surface area contributed by atoms with E-state index in [0.717, 1.165) is 0 Å². The van der Waals surface area contributed by atoms with Crippen molar-refractivity contribution in [1.29, 1.82) is 0 Å². The maximum atomic E-state index is 8.50. The molecule has 0 unspecified atom stereocenters. The summed E-state index contributed by atoms with van der Waals surface area (Å²) in [6.45, 7) is 0. The fourth-order valence-electron chi connectivity index (χ4n) is 0. The molecule has 17 heavy (non-hydrogen) atoms. The fraction of sp³-hybridized carbons (Fsp3) is 0. The summed E-state index contributed by atoms with van der Waals surface area (Å²) >= 11 is -12.5. The van der Waals surface area contributed by atoms with Crippen molar-refractivity contribution in [3.63, 3.8) is 0 Å². The molecule has 0 aliphatic carbocycles. The van der Waals surface area contributed by atoms with Gasteiger partial charge < -0.3 is 0 Å². The second kappa shape index (κ2) is 43.1. The van der Waals surface area contributed by atoms with Crippen LogP contribution in [0.3, 0.4) is 0 Å². The van der Waals surface area contributed by atoms with Crippen molar-refractivity contribution >= 4 is 31.4 Å². The fourth-order valence-corrected chi connectivity index (χ4v) is 0. The van der Waals surface area contributed by atoms with Gasteiger partial charge in [-0.15, -0.1) is 0 Å². The minimum atomic E-state index is -3.19. The molecule has 0 saturated heterocycles. The summed E-state index contributed by atoms with van der Waals surface area (Å²) < 4.78 is 94.9. The predicted octanol–water partition coefficient (Wildman–Crippen LogP) is -4.82. The average Bonchev–Trinajstić information content (AvgIpc) is 2.03. The van der Waals surface area contributed by atoms with Crippen molar-refractivity contribution < 1.29 is 100 Å². The minimum absolute atomic E-state index is 2.03. The van der Waals surface area contributed by atoms with Crippen LogP contribution in [0, 0.1) is 0 Å². The molecule has 0 amide bonds. The van der Waals surface area contributed by atoms with E-state index in [1.54, 1.807) is 0 Å². The van der Waals surface area contributed by atoms with Gasteiger partial charge in [0, 0.05) is 0 Å². The summed E-state index contributed by atoms with van der Waals surface area (Å²) in [6, 6.07) is 0. The standard InChI is InChI=1S/2AsH3O3.3Mo.6O/c2*2-1(3)4;;;;;;;;;/h2*2-4H;;;;;;;;;. The molecule has 0 spiro atoms. The Morgan fingerprint density at radius 2 is 0.471 bits per heavy atom. The van der Waals surface area contributed by atoms with E-state index in [1.807, 2.05) is 0 Å². The van der Waals surface area contributed by atoms with Gasteiger partial charge in [-0.25, -0.2) is 0 Å². The quantitative estimate of drug-likeness (QED) is 0.138. The van der Waals surface area contributed by atoms with E-state index in [0.29, 0.717) is 0 Å². The second-order valence-corrected chi connectivity index (χ2v) is 4.00. The van der Waals surface area contributed by atoms with Crippen LogP contribution in [-0.2, 0) is 75.9 Å². The average molecular weight is 636 g/mol. The third-order valence-corrected chi connectivity index (χ3v) is 0. The Kier molecular flexibility index (Phi) is 79.2. The summed E-state index contributed by atoms with van der Waals surface area (Å²) in [6.07, 6.45) is 0. The first-order valence-corrected chi connectivity index (χ1v) is 12.2. The Morgan fingerprint density at radius 1 is 0.471 bits per heavy atom. The van der Waals surface area contributed by atoms with Gasteiger partial charge in [0.05, 0.1) is 0 Å². The summed E-state index contributed by atoms with van der Waals surface area (Å²) in [5.41, 5.74) is 0. The van der Waals surface area contributed by atoms with Crippen LogP contribution in [0.2, 0.25) is 0 Å². The molecule has 0 aromatic heterocycles. The molecule has 0 aliphatic rings. The molecule has 0 heterocycles. The van der Waals surface area contributed by atoms with Gasteiger partial charge in [-0.05, 0) is 0 Å². The zero-order valence-corrected chi connectivity index (χ0v) is 17.0. The number of hydrogen-bond acceptors (Lipinski definition) is 12. The van der Waals surface area contributed by atoms with Gasteiger partial charge >= 0.3 is 132 Å². The normalized spacial score (nSPS) is 6.35. The Bertz CT molecular complexity index is 166. The molecule has 0 rings (SSSR count). The van der Waals surface area contributed by atoms with Gasteiger partial charge in [-0.2, -0.15) is 0 Å². The van der Waals surface area contributed by atoms with E-state index in [4.69, 9.17) is 45.0 Å². The van der Waals surface area contributed by atoms with Crippen molar-refractivity contribution in [2.24, 2.45) is 0 Å². The molecule has 6 N–H and O–H groups in total. The van der Waals surface area contributed by atoms with Crippen LogP contribution in [0.15, 0.2) is 0 Å². The Hall–Kier alpha value is 1.74. The molecule has 0 aromatic rings. The van der Waals surface area contributed by atoms with E-state index in [2.05, 4.69) is 0 Å². The van der Waals surface area contributed by atoms with Gasteiger partial charge in [-0.3, -0.25) is 0 Å². The molecule has 0 aliphatic heterocycles. The number of hydrogen-bond donors (Lipinski definition) is 6. The SMILES string of the molecule is O[As](O)O.O[As](O)O.[O]=[Mo]=[O].[O]=[Mo]=[O].[O]=[Mo]=[O]. The first-order valence-electron chi connectivity index (χ1n) is 2.20. The molecule has 0 aromatic carbocycles. The van der Waals surface area contributed by atoms with Crippen molar-refractivity contribution in [1.82, 2.24) is 0 Å². The summed E-state index contributed by atoms with van der Waals surface area (Å²) in [4.78, 5) is 0. The first-order chi connectivity index (χ1) is 7.71. The summed E-state index contributed by atoms with van der Waals surface area (Å²) in [5.74, 6) is 0. The van der Waals surface area contributed by atoms with Gasteiger partial charge in [0.1, 0.15) is 0 Å². The Balaban J connectivity index is -0.0000000356. The van der Waals surface area contributed by atoms with Crippen LogP contribution >= 0.6 is 0 Å². The van der Waals surface area contributed by atoms with E-state index in [1.165, 1.54) is 0 Å². The topological polar surface area (TPSA) is 224 Å². The predicted molar refractivity (Wildman–Crippen MR) is 28.9 cm³/mol. The Morgan fingerprint density at radius 3 is 0.471 bits per heavy atom. The zero-order chi connectivity index (χ0) is 15.3. The van der Waals surface area contributed by atoms with Crippen LogP contribution in [-0.4, -0.2) is 55.9 Å². The molecule has 106 valence electrons. The van der Waals surface area contributed by atoms with E-state index in [9.17, 15) is 0 Å². The van der Waals surface area contributed by atoms with Crippen LogP contribution in [0.5, 0.6) is 0 Å². The monoisotopic (exact) mass is 642 g/mol. The molecule has 12 nitrogen and oxygen atoms in total. The van der Waals surface area contributed by atoms with E-state index in [-0.39, 0.29) is 0 Å². The molecule has 0 radical (unpaired) electrons. The van der Waals surface area contributed by atoms with Crippen LogP contribution in [0.4, 0.5) is 0 Å². The molecular formula is H6As2Mo3O12. The van der Waals surface area contributed by atoms with Crippen LogP contribution in [0.25, 0.3) is 0 Å². The van der Waals surface area contributed by atoms with E-state index >= 15 is 0 Å². The van der Waals surface area contributed by atoms with Crippen LogP contribution in [0.1, 0.15) is 0 Å². The van der Waals surface area contributed by atoms with Crippen LogP contribution < -0.4 is 0 Å². The summed E-state index contributed by atoms with van der Waals surface area (Å²) in [7, 11) is 0. The van der Waals surface area contributed by atoms with Gasteiger partial charge in [0.2, 0.25) is 0 Å². The third kappa shape index (κ3) is 1450. The van der Waals surface area contributed by atoms with Crippen molar-refractivity contribution in [2.75, 3.05) is 0 Å². The number of rotatable bonds is 0. The van der Waals surface area contributed by atoms with Gasteiger partial charge in [-0.1, -0.05) is 0 Å². The molecular weight excluding hydrogens is 630 g/mol.